The molecule has 33 heavy (non-hydrogen) atoms. The Kier molecular flexibility index (Phi) is 9.24. The van der Waals surface area contributed by atoms with Crippen molar-refractivity contribution < 1.29 is 37.4 Å². The predicted molar refractivity (Wildman–Crippen MR) is 118 cm³/mol. The van der Waals surface area contributed by atoms with Gasteiger partial charge in [0.1, 0.15) is 22.6 Å². The Morgan fingerprint density at radius 1 is 0.970 bits per heavy atom. The summed E-state index contributed by atoms with van der Waals surface area (Å²) in [6, 6.07) is 3.43. The highest BCUT2D eigenvalue weighted by Crippen LogP contribution is 2.29. The van der Waals surface area contributed by atoms with Crippen molar-refractivity contribution in [2.45, 2.75) is 59.4 Å². The molecule has 0 aliphatic rings. The van der Waals surface area contributed by atoms with Crippen LogP contribution in [0.3, 0.4) is 0 Å². The first-order valence-electron chi connectivity index (χ1n) is 9.84. The van der Waals surface area contributed by atoms with Crippen molar-refractivity contribution >= 4 is 29.6 Å². The summed E-state index contributed by atoms with van der Waals surface area (Å²) in [6.45, 7) is 6.19. The number of hydrogen-bond acceptors (Lipinski definition) is 7. The first-order chi connectivity index (χ1) is 14.9. The zero-order chi connectivity index (χ0) is 25.7. The van der Waals surface area contributed by atoms with E-state index in [0.29, 0.717) is 4.90 Å². The first kappa shape index (κ1) is 28.2. The average molecular weight is 491 g/mol. The van der Waals surface area contributed by atoms with Crippen LogP contribution in [0.15, 0.2) is 30.1 Å². The van der Waals surface area contributed by atoms with Crippen molar-refractivity contribution in [1.29, 1.82) is 0 Å². The Labute approximate surface area is 197 Å². The molecule has 11 heteroatoms. The summed E-state index contributed by atoms with van der Waals surface area (Å²) in [5, 5.41) is 0.0465. The molecule has 0 radical (unpaired) electrons. The highest BCUT2D eigenvalue weighted by atomic mass is 35.5. The zero-order valence-corrected chi connectivity index (χ0v) is 20.6. The molecule has 0 N–H and O–H groups in total. The molecule has 0 saturated carbocycles. The average Bonchev–Trinajstić information content (AvgIpc) is 2.58. The third-order valence-electron chi connectivity index (χ3n) is 3.41. The number of rotatable bonds is 6. The third kappa shape index (κ3) is 9.25. The van der Waals surface area contributed by atoms with Crippen molar-refractivity contribution in [1.82, 2.24) is 9.80 Å². The molecular weight excluding hydrogens is 462 g/mol. The van der Waals surface area contributed by atoms with Gasteiger partial charge in [0, 0.05) is 25.3 Å². The van der Waals surface area contributed by atoms with Gasteiger partial charge in [0.05, 0.1) is 5.56 Å². The van der Waals surface area contributed by atoms with Crippen LogP contribution < -0.4 is 4.74 Å². The standard InChI is InChI=1S/C22H29ClF2N2O6/c1-21(2,3)32-19(29)27(20(30)33-22(4,5)6)15(12-26(7)8)17(28)14-11-13(23)9-10-16(14)31-18(24)25/h9-12,18H,1-8H3/b15-12-. The molecule has 2 amide bonds. The van der Waals surface area contributed by atoms with Crippen LogP contribution in [-0.4, -0.2) is 59.7 Å². The number of carbonyl (C=O) groups excluding carboxylic acids is 3. The second kappa shape index (κ2) is 10.8. The molecule has 184 valence electrons. The molecule has 0 aliphatic heterocycles. The van der Waals surface area contributed by atoms with Crippen LogP contribution in [0.25, 0.3) is 0 Å². The molecule has 0 atom stereocenters. The topological polar surface area (TPSA) is 85.4 Å². The second-order valence-corrected chi connectivity index (χ2v) is 9.56. The molecule has 1 aromatic carbocycles. The van der Waals surface area contributed by atoms with Gasteiger partial charge in [-0.15, -0.1) is 0 Å². The lowest BCUT2D eigenvalue weighted by atomic mass is 10.1. The molecule has 0 bridgehead atoms. The summed E-state index contributed by atoms with van der Waals surface area (Å²) in [6.07, 6.45) is -1.24. The molecule has 0 fully saturated rings. The van der Waals surface area contributed by atoms with Gasteiger partial charge in [0.2, 0.25) is 5.78 Å². The van der Waals surface area contributed by atoms with Crippen LogP contribution in [0.1, 0.15) is 51.9 Å². The fraction of sp³-hybridized carbons (Fsp3) is 0.500. The predicted octanol–water partition coefficient (Wildman–Crippen LogP) is 5.70. The first-order valence-corrected chi connectivity index (χ1v) is 10.2. The van der Waals surface area contributed by atoms with Gasteiger partial charge in [-0.25, -0.2) is 9.59 Å². The highest BCUT2D eigenvalue weighted by molar-refractivity contribution is 6.31. The molecule has 0 saturated heterocycles. The molecule has 0 heterocycles. The number of ether oxygens (including phenoxy) is 3. The van der Waals surface area contributed by atoms with Gasteiger partial charge in [-0.2, -0.15) is 13.7 Å². The quantitative estimate of drug-likeness (QED) is 0.373. The lowest BCUT2D eigenvalue weighted by Crippen LogP contribution is -2.45. The summed E-state index contributed by atoms with van der Waals surface area (Å²) in [7, 11) is 3.06. The molecular formula is C22H29ClF2N2O6. The van der Waals surface area contributed by atoms with Crippen molar-refractivity contribution in [3.8, 4) is 5.75 Å². The van der Waals surface area contributed by atoms with Crippen LogP contribution in [0.4, 0.5) is 18.4 Å². The Bertz CT molecular complexity index is 892. The lowest BCUT2D eigenvalue weighted by Gasteiger charge is -2.30. The third-order valence-corrected chi connectivity index (χ3v) is 3.64. The number of ketones is 1. The normalized spacial score (nSPS) is 12.3. The molecule has 1 rings (SSSR count). The Morgan fingerprint density at radius 2 is 1.45 bits per heavy atom. The zero-order valence-electron chi connectivity index (χ0n) is 19.9. The van der Waals surface area contributed by atoms with E-state index in [-0.39, 0.29) is 5.02 Å². The van der Waals surface area contributed by atoms with Gasteiger partial charge in [-0.1, -0.05) is 11.6 Å². The molecule has 0 spiro atoms. The van der Waals surface area contributed by atoms with Crippen LogP contribution in [0.2, 0.25) is 5.02 Å². The van der Waals surface area contributed by atoms with E-state index in [4.69, 9.17) is 21.1 Å². The summed E-state index contributed by atoms with van der Waals surface area (Å²) < 4.78 is 40.9. The number of amides is 2. The number of hydrogen-bond donors (Lipinski definition) is 0. The van der Waals surface area contributed by atoms with Crippen molar-refractivity contribution in [2.75, 3.05) is 14.1 Å². The van der Waals surface area contributed by atoms with Gasteiger partial charge in [-0.05, 0) is 59.7 Å². The molecule has 8 nitrogen and oxygen atoms in total. The minimum atomic E-state index is -3.23. The maximum atomic E-state index is 13.5. The fourth-order valence-electron chi connectivity index (χ4n) is 2.37. The van der Waals surface area contributed by atoms with Gasteiger partial charge in [-0.3, -0.25) is 4.79 Å². The van der Waals surface area contributed by atoms with Gasteiger partial charge < -0.3 is 19.1 Å². The van der Waals surface area contributed by atoms with Gasteiger partial charge in [0.15, 0.2) is 0 Å². The Balaban J connectivity index is 3.70. The maximum Gasteiger partial charge on any atom is 0.424 e. The molecule has 0 aromatic heterocycles. The number of allylic oxidation sites excluding steroid dienone is 1. The number of alkyl halides is 2. The maximum absolute atomic E-state index is 13.5. The van der Waals surface area contributed by atoms with E-state index in [1.165, 1.54) is 25.1 Å². The summed E-state index contributed by atoms with van der Waals surface area (Å²) in [5.74, 6) is -1.49. The Morgan fingerprint density at radius 3 is 1.85 bits per heavy atom. The fourth-order valence-corrected chi connectivity index (χ4v) is 2.54. The molecule has 0 unspecified atom stereocenters. The van der Waals surface area contributed by atoms with Crippen LogP contribution in [0.5, 0.6) is 5.75 Å². The summed E-state index contributed by atoms with van der Waals surface area (Å²) >= 11 is 5.96. The number of Topliss-reactive ketones (excluding diaryl/α,β-unsaturated/α-hetero) is 1. The van der Waals surface area contributed by atoms with Crippen LogP contribution >= 0.6 is 11.6 Å². The molecule has 0 aliphatic carbocycles. The molecule has 1 aromatic rings. The van der Waals surface area contributed by atoms with Gasteiger partial charge in [0.25, 0.3) is 0 Å². The minimum Gasteiger partial charge on any atom is -0.443 e. The van der Waals surface area contributed by atoms with E-state index in [1.807, 2.05) is 0 Å². The van der Waals surface area contributed by atoms with Gasteiger partial charge >= 0.3 is 18.8 Å². The lowest BCUT2D eigenvalue weighted by molar-refractivity contribution is -0.0502. The van der Waals surface area contributed by atoms with E-state index in [9.17, 15) is 23.2 Å². The Hall–Kier alpha value is -2.88. The smallest absolute Gasteiger partial charge is 0.424 e. The van der Waals surface area contributed by atoms with Crippen LogP contribution in [0, 0.1) is 0 Å². The van der Waals surface area contributed by atoms with Crippen molar-refractivity contribution in [2.24, 2.45) is 0 Å². The summed E-state index contributed by atoms with van der Waals surface area (Å²) in [4.78, 5) is 41.2. The highest BCUT2D eigenvalue weighted by Gasteiger charge is 2.38. The monoisotopic (exact) mass is 490 g/mol. The SMILES string of the molecule is CN(C)/C=C(/C(=O)c1cc(Cl)ccc1OC(F)F)N(C(=O)OC(C)(C)C)C(=O)OC(C)(C)C. The van der Waals surface area contributed by atoms with E-state index >= 15 is 0 Å². The second-order valence-electron chi connectivity index (χ2n) is 9.12. The number of halogens is 3. The summed E-state index contributed by atoms with van der Waals surface area (Å²) in [5.41, 5.74) is -2.97. The van der Waals surface area contributed by atoms with E-state index in [0.717, 1.165) is 18.3 Å². The van der Waals surface area contributed by atoms with E-state index in [1.54, 1.807) is 41.5 Å². The van der Waals surface area contributed by atoms with Crippen molar-refractivity contribution in [3.05, 3.63) is 40.7 Å². The largest absolute Gasteiger partial charge is 0.443 e. The number of imide groups is 1. The van der Waals surface area contributed by atoms with E-state index < -0.39 is 52.8 Å². The number of benzene rings is 1. The number of carbonyl (C=O) groups is 3. The van der Waals surface area contributed by atoms with E-state index in [2.05, 4.69) is 4.74 Å². The van der Waals surface area contributed by atoms with Crippen molar-refractivity contribution in [3.63, 3.8) is 0 Å². The number of nitrogens with zero attached hydrogens (tertiary/aromatic N) is 2. The van der Waals surface area contributed by atoms with Crippen LogP contribution in [-0.2, 0) is 9.47 Å². The minimum absolute atomic E-state index is 0.0465.